The molecule has 19 heavy (non-hydrogen) atoms. The largest absolute Gasteiger partial charge is 0.483 e. The van der Waals surface area contributed by atoms with E-state index in [-0.39, 0.29) is 5.91 Å². The Hall–Kier alpha value is -1.84. The fourth-order valence-electron chi connectivity index (χ4n) is 2.29. The van der Waals surface area contributed by atoms with Crippen molar-refractivity contribution in [2.24, 2.45) is 4.99 Å². The smallest absolute Gasteiger partial charge is 0.223 e. The van der Waals surface area contributed by atoms with Crippen molar-refractivity contribution in [3.8, 4) is 0 Å². The minimum atomic E-state index is 0.186. The van der Waals surface area contributed by atoms with Crippen LogP contribution in [0.3, 0.4) is 0 Å². The number of carbonyl (C=O) groups excluding carboxylic acids is 1. The van der Waals surface area contributed by atoms with Crippen LogP contribution >= 0.6 is 0 Å². The number of nitrogens with zero attached hydrogens (tertiary/aromatic N) is 2. The van der Waals surface area contributed by atoms with Gasteiger partial charge in [0.1, 0.15) is 0 Å². The van der Waals surface area contributed by atoms with Gasteiger partial charge in [-0.2, -0.15) is 0 Å². The lowest BCUT2D eigenvalue weighted by Crippen LogP contribution is -2.31. The summed E-state index contributed by atoms with van der Waals surface area (Å²) in [6.45, 7) is 5.32. The monoisotopic (exact) mass is 260 g/mol. The highest BCUT2D eigenvalue weighted by atomic mass is 16.5. The van der Waals surface area contributed by atoms with E-state index in [1.54, 1.807) is 12.0 Å². The highest BCUT2D eigenvalue weighted by Crippen LogP contribution is 2.23. The van der Waals surface area contributed by atoms with Gasteiger partial charge in [-0.3, -0.25) is 4.79 Å². The van der Waals surface area contributed by atoms with Gasteiger partial charge in [0.2, 0.25) is 11.8 Å². The lowest BCUT2D eigenvalue weighted by molar-refractivity contribution is -0.127. The quantitative estimate of drug-likeness (QED) is 0.619. The van der Waals surface area contributed by atoms with Crippen LogP contribution in [0.25, 0.3) is 0 Å². The van der Waals surface area contributed by atoms with Crippen LogP contribution in [0.1, 0.15) is 24.0 Å². The van der Waals surface area contributed by atoms with E-state index in [0.29, 0.717) is 18.9 Å². The number of aryl methyl sites for hydroxylation is 2. The summed E-state index contributed by atoms with van der Waals surface area (Å²) in [7, 11) is 1.60. The Morgan fingerprint density at radius 2 is 2.05 bits per heavy atom. The van der Waals surface area contributed by atoms with Gasteiger partial charge >= 0.3 is 0 Å². The number of amides is 1. The predicted octanol–water partition coefficient (Wildman–Crippen LogP) is 2.60. The van der Waals surface area contributed by atoms with E-state index in [0.717, 1.165) is 29.8 Å². The van der Waals surface area contributed by atoms with Crippen molar-refractivity contribution in [3.05, 3.63) is 29.3 Å². The summed E-state index contributed by atoms with van der Waals surface area (Å²) in [5, 5.41) is 0. The first-order chi connectivity index (χ1) is 9.11. The molecule has 4 nitrogen and oxygen atoms in total. The maximum absolute atomic E-state index is 11.6. The fourth-order valence-corrected chi connectivity index (χ4v) is 2.29. The zero-order valence-corrected chi connectivity index (χ0v) is 11.8. The SMILES string of the molecule is COC(CN1CCCC1=O)=Nc1c(C)cccc1C. The van der Waals surface area contributed by atoms with Crippen molar-refractivity contribution in [2.75, 3.05) is 20.2 Å². The molecular formula is C15H20N2O2. The lowest BCUT2D eigenvalue weighted by Gasteiger charge is -2.16. The normalized spacial score (nSPS) is 16.1. The Bertz CT molecular complexity index is 489. The number of ether oxygens (including phenoxy) is 1. The van der Waals surface area contributed by atoms with Crippen LogP contribution in [0, 0.1) is 13.8 Å². The minimum Gasteiger partial charge on any atom is -0.483 e. The third-order valence-electron chi connectivity index (χ3n) is 3.41. The van der Waals surface area contributed by atoms with Crippen molar-refractivity contribution in [1.29, 1.82) is 0 Å². The molecule has 1 aromatic rings. The molecule has 0 atom stereocenters. The van der Waals surface area contributed by atoms with Gasteiger partial charge in [0.25, 0.3) is 0 Å². The number of likely N-dealkylation sites (tertiary alicyclic amines) is 1. The van der Waals surface area contributed by atoms with Gasteiger partial charge in [-0.25, -0.2) is 4.99 Å². The Morgan fingerprint density at radius 3 is 2.58 bits per heavy atom. The molecule has 0 bridgehead atoms. The van der Waals surface area contributed by atoms with Crippen LogP contribution in [0.4, 0.5) is 5.69 Å². The molecule has 0 aliphatic carbocycles. The summed E-state index contributed by atoms with van der Waals surface area (Å²) in [5.74, 6) is 0.777. The molecule has 0 aromatic heterocycles. The fraction of sp³-hybridized carbons (Fsp3) is 0.467. The van der Waals surface area contributed by atoms with Gasteiger partial charge in [0.05, 0.1) is 19.3 Å². The van der Waals surface area contributed by atoms with Crippen LogP contribution < -0.4 is 0 Å². The van der Waals surface area contributed by atoms with Gasteiger partial charge in [0, 0.05) is 13.0 Å². The van der Waals surface area contributed by atoms with Gasteiger partial charge < -0.3 is 9.64 Å². The topological polar surface area (TPSA) is 41.9 Å². The maximum atomic E-state index is 11.6. The molecule has 1 fully saturated rings. The van der Waals surface area contributed by atoms with E-state index in [1.165, 1.54) is 0 Å². The molecule has 0 N–H and O–H groups in total. The Balaban J connectivity index is 2.21. The maximum Gasteiger partial charge on any atom is 0.223 e. The summed E-state index contributed by atoms with van der Waals surface area (Å²) >= 11 is 0. The molecular weight excluding hydrogens is 240 g/mol. The first-order valence-corrected chi connectivity index (χ1v) is 6.57. The second-order valence-corrected chi connectivity index (χ2v) is 4.87. The van der Waals surface area contributed by atoms with E-state index >= 15 is 0 Å². The molecule has 0 unspecified atom stereocenters. The first-order valence-electron chi connectivity index (χ1n) is 6.57. The molecule has 0 spiro atoms. The summed E-state index contributed by atoms with van der Waals surface area (Å²) in [6.07, 6.45) is 1.57. The number of rotatable bonds is 3. The highest BCUT2D eigenvalue weighted by molar-refractivity contribution is 5.87. The highest BCUT2D eigenvalue weighted by Gasteiger charge is 2.22. The third-order valence-corrected chi connectivity index (χ3v) is 3.41. The van der Waals surface area contributed by atoms with Crippen LogP contribution in [-0.2, 0) is 9.53 Å². The summed E-state index contributed by atoms with van der Waals surface area (Å²) in [4.78, 5) is 18.0. The minimum absolute atomic E-state index is 0.186. The van der Waals surface area contributed by atoms with Crippen molar-refractivity contribution >= 4 is 17.5 Å². The molecule has 1 aliphatic heterocycles. The van der Waals surface area contributed by atoms with E-state index in [4.69, 9.17) is 4.74 Å². The Morgan fingerprint density at radius 1 is 1.37 bits per heavy atom. The van der Waals surface area contributed by atoms with E-state index < -0.39 is 0 Å². The molecule has 1 amide bonds. The first kappa shape index (κ1) is 13.6. The Kier molecular flexibility index (Phi) is 4.20. The summed E-state index contributed by atoms with van der Waals surface area (Å²) in [6, 6.07) is 6.07. The van der Waals surface area contributed by atoms with Crippen molar-refractivity contribution in [1.82, 2.24) is 4.90 Å². The summed E-state index contributed by atoms with van der Waals surface area (Å²) in [5.41, 5.74) is 3.16. The lowest BCUT2D eigenvalue weighted by atomic mass is 10.1. The van der Waals surface area contributed by atoms with E-state index in [1.807, 2.05) is 32.0 Å². The molecule has 0 saturated carbocycles. The molecule has 1 heterocycles. The number of carbonyl (C=O) groups is 1. The van der Waals surface area contributed by atoms with Crippen molar-refractivity contribution in [3.63, 3.8) is 0 Å². The molecule has 1 aliphatic rings. The molecule has 1 aromatic carbocycles. The molecule has 2 rings (SSSR count). The van der Waals surface area contributed by atoms with Gasteiger partial charge in [0.15, 0.2) is 0 Å². The molecule has 1 saturated heterocycles. The number of para-hydroxylation sites is 1. The zero-order chi connectivity index (χ0) is 13.8. The van der Waals surface area contributed by atoms with Gasteiger partial charge in [-0.15, -0.1) is 0 Å². The van der Waals surface area contributed by atoms with Gasteiger partial charge in [-0.1, -0.05) is 18.2 Å². The number of methoxy groups -OCH3 is 1. The second-order valence-electron chi connectivity index (χ2n) is 4.87. The van der Waals surface area contributed by atoms with Crippen LogP contribution in [0.15, 0.2) is 23.2 Å². The number of hydrogen-bond acceptors (Lipinski definition) is 3. The molecule has 102 valence electrons. The van der Waals surface area contributed by atoms with Crippen LogP contribution in [-0.4, -0.2) is 36.9 Å². The van der Waals surface area contributed by atoms with Crippen LogP contribution in [0.5, 0.6) is 0 Å². The third kappa shape index (κ3) is 3.13. The summed E-state index contributed by atoms with van der Waals surface area (Å²) < 4.78 is 5.33. The van der Waals surface area contributed by atoms with Gasteiger partial charge in [-0.05, 0) is 31.4 Å². The van der Waals surface area contributed by atoms with Crippen molar-refractivity contribution < 1.29 is 9.53 Å². The van der Waals surface area contributed by atoms with Crippen molar-refractivity contribution in [2.45, 2.75) is 26.7 Å². The predicted molar refractivity (Wildman–Crippen MR) is 75.8 cm³/mol. The molecule has 4 heteroatoms. The average Bonchev–Trinajstić information content (AvgIpc) is 2.78. The second kappa shape index (κ2) is 5.87. The molecule has 0 radical (unpaired) electrons. The number of aliphatic imine (C=N–C) groups is 1. The number of benzene rings is 1. The Labute approximate surface area is 114 Å². The standard InChI is InChI=1S/C15H20N2O2/c1-11-6-4-7-12(2)15(11)16-13(19-3)10-17-9-5-8-14(17)18/h4,6-7H,5,8-10H2,1-3H3. The van der Waals surface area contributed by atoms with E-state index in [2.05, 4.69) is 4.99 Å². The zero-order valence-electron chi connectivity index (χ0n) is 11.8. The average molecular weight is 260 g/mol. The number of hydrogen-bond donors (Lipinski definition) is 0. The van der Waals surface area contributed by atoms with Crippen LogP contribution in [0.2, 0.25) is 0 Å². The van der Waals surface area contributed by atoms with E-state index in [9.17, 15) is 4.79 Å².